The Kier molecular flexibility index (Phi) is 34.7. The third-order valence-electron chi connectivity index (χ3n) is 8.41. The van der Waals surface area contributed by atoms with Crippen molar-refractivity contribution in [2.45, 2.75) is 200 Å². The first-order valence-corrected chi connectivity index (χ1v) is 19.5. The molecule has 0 rings (SSSR count). The van der Waals surface area contributed by atoms with Crippen molar-refractivity contribution in [2.24, 2.45) is 0 Å². The second-order valence-electron chi connectivity index (χ2n) is 13.0. The Hall–Kier alpha value is -2.31. The average molecular weight is 665 g/mol. The van der Waals surface area contributed by atoms with Crippen LogP contribution in [-0.2, 0) is 23.8 Å². The van der Waals surface area contributed by atoms with Crippen molar-refractivity contribution < 1.29 is 33.7 Å². The fourth-order valence-electron chi connectivity index (χ4n) is 5.46. The predicted molar refractivity (Wildman–Crippen MR) is 194 cm³/mol. The normalized spacial score (nSPS) is 12.1. The molecular weight excluding hydrogens is 592 g/mol. The fraction of sp³-hybridized carbons (Fsp3) is 0.825. The van der Waals surface area contributed by atoms with Gasteiger partial charge in [-0.1, -0.05) is 141 Å². The van der Waals surface area contributed by atoms with Crippen LogP contribution in [0.5, 0.6) is 0 Å². The van der Waals surface area contributed by atoms with Gasteiger partial charge in [0.25, 0.3) is 0 Å². The summed E-state index contributed by atoms with van der Waals surface area (Å²) in [5.41, 5.74) is 0. The Bertz CT molecular complexity index is 777. The van der Waals surface area contributed by atoms with Crippen LogP contribution < -0.4 is 0 Å². The molecule has 0 aromatic carbocycles. The highest BCUT2D eigenvalue weighted by atomic mass is 16.7. The van der Waals surface area contributed by atoms with Crippen LogP contribution in [0.15, 0.2) is 24.3 Å². The molecule has 0 aliphatic heterocycles. The molecule has 0 saturated heterocycles. The summed E-state index contributed by atoms with van der Waals surface area (Å²) >= 11 is 0. The van der Waals surface area contributed by atoms with E-state index >= 15 is 0 Å². The van der Waals surface area contributed by atoms with Crippen molar-refractivity contribution >= 4 is 18.1 Å². The molecule has 274 valence electrons. The number of ether oxygens (including phenoxy) is 3. The SMILES string of the molecule is CCCCCCCC/C=C\CCCCCCCC(=O)OC[C@H](COC(=O)O)OC(=O)CCCCCCC/C=C\CCCCCCCC. The smallest absolute Gasteiger partial charge is 0.462 e. The molecule has 0 fully saturated rings. The molecule has 0 radical (unpaired) electrons. The van der Waals surface area contributed by atoms with Crippen LogP contribution in [0.2, 0.25) is 0 Å². The largest absolute Gasteiger partial charge is 0.505 e. The first kappa shape index (κ1) is 44.7. The second kappa shape index (κ2) is 36.5. The molecule has 0 saturated carbocycles. The number of allylic oxidation sites excluding steroid dienone is 4. The van der Waals surface area contributed by atoms with Gasteiger partial charge in [-0.15, -0.1) is 0 Å². The van der Waals surface area contributed by atoms with E-state index in [-0.39, 0.29) is 25.6 Å². The molecule has 0 spiro atoms. The molecule has 0 unspecified atom stereocenters. The van der Waals surface area contributed by atoms with Gasteiger partial charge in [-0.3, -0.25) is 9.59 Å². The van der Waals surface area contributed by atoms with Crippen molar-refractivity contribution in [3.05, 3.63) is 24.3 Å². The van der Waals surface area contributed by atoms with Crippen molar-refractivity contribution in [2.75, 3.05) is 13.2 Å². The summed E-state index contributed by atoms with van der Waals surface area (Å²) in [7, 11) is 0. The van der Waals surface area contributed by atoms with Crippen LogP contribution in [0.3, 0.4) is 0 Å². The number of unbranched alkanes of at least 4 members (excludes halogenated alkanes) is 22. The minimum atomic E-state index is -1.46. The molecule has 0 heterocycles. The summed E-state index contributed by atoms with van der Waals surface area (Å²) in [6.45, 7) is 3.95. The standard InChI is InChI=1S/C40H72O7/c1-3-5-7-9-11-13-15-17-19-21-23-25-27-29-31-33-38(41)45-35-37(36-46-40(43)44)47-39(42)34-32-30-28-26-24-22-20-18-16-14-12-10-8-6-4-2/h17-20,37H,3-16,21-36H2,1-2H3,(H,43,44)/b19-17-,20-18-/t37-/m1/s1. The van der Waals surface area contributed by atoms with Crippen LogP contribution in [-0.4, -0.2) is 42.5 Å². The number of esters is 2. The molecule has 1 atom stereocenters. The lowest BCUT2D eigenvalue weighted by atomic mass is 10.1. The number of rotatable bonds is 35. The van der Waals surface area contributed by atoms with E-state index < -0.39 is 18.2 Å². The molecule has 1 N–H and O–H groups in total. The minimum Gasteiger partial charge on any atom is -0.462 e. The fourth-order valence-corrected chi connectivity index (χ4v) is 5.46. The predicted octanol–water partition coefficient (Wildman–Crippen LogP) is 12.2. The zero-order valence-corrected chi connectivity index (χ0v) is 30.5. The molecule has 0 bridgehead atoms. The number of hydrogen-bond donors (Lipinski definition) is 1. The van der Waals surface area contributed by atoms with Crippen LogP contribution in [0.1, 0.15) is 194 Å². The monoisotopic (exact) mass is 665 g/mol. The van der Waals surface area contributed by atoms with Crippen LogP contribution >= 0.6 is 0 Å². The summed E-state index contributed by atoms with van der Waals surface area (Å²) in [6, 6.07) is 0. The number of hydrogen-bond acceptors (Lipinski definition) is 6. The topological polar surface area (TPSA) is 99.1 Å². The van der Waals surface area contributed by atoms with E-state index in [1.165, 1.54) is 96.3 Å². The van der Waals surface area contributed by atoms with Crippen molar-refractivity contribution in [1.82, 2.24) is 0 Å². The molecule has 0 aliphatic carbocycles. The van der Waals surface area contributed by atoms with Gasteiger partial charge in [0.1, 0.15) is 13.2 Å². The van der Waals surface area contributed by atoms with E-state index in [9.17, 15) is 14.4 Å². The highest BCUT2D eigenvalue weighted by Gasteiger charge is 2.19. The molecule has 47 heavy (non-hydrogen) atoms. The molecule has 0 aliphatic rings. The number of carboxylic acid groups (broad SMARTS) is 1. The Labute approximate surface area is 288 Å². The molecule has 0 aromatic heterocycles. The summed E-state index contributed by atoms with van der Waals surface area (Å²) in [5, 5.41) is 8.85. The van der Waals surface area contributed by atoms with Gasteiger partial charge in [-0.2, -0.15) is 0 Å². The van der Waals surface area contributed by atoms with Crippen molar-refractivity contribution in [3.63, 3.8) is 0 Å². The van der Waals surface area contributed by atoms with Crippen molar-refractivity contribution in [1.29, 1.82) is 0 Å². The minimum absolute atomic E-state index is 0.199. The van der Waals surface area contributed by atoms with Gasteiger partial charge >= 0.3 is 18.1 Å². The lowest BCUT2D eigenvalue weighted by Crippen LogP contribution is -2.30. The van der Waals surface area contributed by atoms with E-state index in [4.69, 9.17) is 14.6 Å². The van der Waals surface area contributed by atoms with Gasteiger partial charge in [0.15, 0.2) is 6.10 Å². The summed E-state index contributed by atoms with van der Waals surface area (Å²) in [6.07, 6.45) is 38.2. The Morgan fingerprint density at radius 1 is 0.468 bits per heavy atom. The third kappa shape index (κ3) is 36.4. The second-order valence-corrected chi connectivity index (χ2v) is 13.0. The zero-order valence-electron chi connectivity index (χ0n) is 30.5. The van der Waals surface area contributed by atoms with Gasteiger partial charge in [0, 0.05) is 12.8 Å². The Morgan fingerprint density at radius 3 is 1.21 bits per heavy atom. The Morgan fingerprint density at radius 2 is 0.809 bits per heavy atom. The van der Waals surface area contributed by atoms with E-state index in [1.54, 1.807) is 0 Å². The van der Waals surface area contributed by atoms with Crippen LogP contribution in [0, 0.1) is 0 Å². The van der Waals surface area contributed by atoms with Crippen molar-refractivity contribution in [3.8, 4) is 0 Å². The van der Waals surface area contributed by atoms with E-state index in [0.29, 0.717) is 12.8 Å². The maximum atomic E-state index is 12.3. The maximum Gasteiger partial charge on any atom is 0.505 e. The van der Waals surface area contributed by atoms with Crippen LogP contribution in [0.4, 0.5) is 4.79 Å². The van der Waals surface area contributed by atoms with Gasteiger partial charge in [-0.25, -0.2) is 4.79 Å². The lowest BCUT2D eigenvalue weighted by Gasteiger charge is -2.17. The van der Waals surface area contributed by atoms with Gasteiger partial charge in [-0.05, 0) is 64.2 Å². The maximum absolute atomic E-state index is 12.3. The first-order valence-electron chi connectivity index (χ1n) is 19.5. The third-order valence-corrected chi connectivity index (χ3v) is 8.41. The Balaban J connectivity index is 3.87. The molecule has 7 nitrogen and oxygen atoms in total. The van der Waals surface area contributed by atoms with E-state index in [0.717, 1.165) is 64.2 Å². The quantitative estimate of drug-likeness (QED) is 0.0311. The highest BCUT2D eigenvalue weighted by Crippen LogP contribution is 2.13. The first-order chi connectivity index (χ1) is 23.0. The lowest BCUT2D eigenvalue weighted by molar-refractivity contribution is -0.161. The van der Waals surface area contributed by atoms with Gasteiger partial charge in [0.2, 0.25) is 0 Å². The van der Waals surface area contributed by atoms with E-state index in [1.807, 2.05) is 0 Å². The number of carbonyl (C=O) groups is 3. The summed E-state index contributed by atoms with van der Waals surface area (Å²) in [4.78, 5) is 35.4. The highest BCUT2D eigenvalue weighted by molar-refractivity contribution is 5.70. The van der Waals surface area contributed by atoms with E-state index in [2.05, 4.69) is 42.9 Å². The molecular formula is C40H72O7. The molecule has 7 heteroatoms. The van der Waals surface area contributed by atoms with Gasteiger partial charge < -0.3 is 19.3 Å². The average Bonchev–Trinajstić information content (AvgIpc) is 3.05. The summed E-state index contributed by atoms with van der Waals surface area (Å²) < 4.78 is 15.3. The summed E-state index contributed by atoms with van der Waals surface area (Å²) in [5.74, 6) is -0.786. The van der Waals surface area contributed by atoms with Gasteiger partial charge in [0.05, 0.1) is 0 Å². The van der Waals surface area contributed by atoms with Crippen LogP contribution in [0.25, 0.3) is 0 Å². The number of carbonyl (C=O) groups excluding carboxylic acids is 2. The molecule has 0 aromatic rings. The zero-order chi connectivity index (χ0) is 34.5. The molecule has 0 amide bonds.